The van der Waals surface area contributed by atoms with Crippen molar-refractivity contribution in [2.45, 2.75) is 12.5 Å². The Labute approximate surface area is 112 Å². The van der Waals surface area contributed by atoms with Crippen LogP contribution in [0.2, 0.25) is 0 Å². The highest BCUT2D eigenvalue weighted by Crippen LogP contribution is 2.08. The summed E-state index contributed by atoms with van der Waals surface area (Å²) in [5, 5.41) is 11.7. The van der Waals surface area contributed by atoms with Crippen LogP contribution in [0.5, 0.6) is 0 Å². The zero-order valence-corrected chi connectivity index (χ0v) is 11.0. The van der Waals surface area contributed by atoms with E-state index in [4.69, 9.17) is 5.11 Å². The molecule has 0 saturated heterocycles. The first-order chi connectivity index (χ1) is 8.08. The van der Waals surface area contributed by atoms with Crippen LogP contribution in [0.15, 0.2) is 24.3 Å². The Kier molecular flexibility index (Phi) is 7.00. The first-order valence-corrected chi connectivity index (χ1v) is 5.15. The predicted molar refractivity (Wildman–Crippen MR) is 69.2 cm³/mol. The third-order valence-electron chi connectivity index (χ3n) is 2.45. The Morgan fingerprint density at radius 1 is 1.44 bits per heavy atom. The Hall–Kier alpha value is -1.59. The van der Waals surface area contributed by atoms with Crippen LogP contribution in [0.1, 0.15) is 15.9 Å². The molecule has 0 aromatic heterocycles. The number of esters is 1. The smallest absolute Gasteiger partial charge is 0.335 e. The SMILES string of the molecule is CN[C@@H](Cc1cccc(C(=O)O)c1)C(=O)OC.Cl. The van der Waals surface area contributed by atoms with Crippen molar-refractivity contribution in [1.29, 1.82) is 0 Å². The van der Waals surface area contributed by atoms with E-state index in [9.17, 15) is 9.59 Å². The van der Waals surface area contributed by atoms with E-state index >= 15 is 0 Å². The van der Waals surface area contributed by atoms with Crippen molar-refractivity contribution in [2.24, 2.45) is 0 Å². The lowest BCUT2D eigenvalue weighted by molar-refractivity contribution is -0.142. The molecule has 0 fully saturated rings. The van der Waals surface area contributed by atoms with Crippen molar-refractivity contribution >= 4 is 24.3 Å². The highest BCUT2D eigenvalue weighted by atomic mass is 35.5. The summed E-state index contributed by atoms with van der Waals surface area (Å²) in [5.41, 5.74) is 0.983. The molecule has 0 unspecified atom stereocenters. The number of hydrogen-bond donors (Lipinski definition) is 2. The summed E-state index contributed by atoms with van der Waals surface area (Å²) in [5.74, 6) is -1.35. The van der Waals surface area contributed by atoms with Gasteiger partial charge in [-0.25, -0.2) is 4.79 Å². The topological polar surface area (TPSA) is 75.6 Å². The van der Waals surface area contributed by atoms with Crippen LogP contribution in [-0.4, -0.2) is 37.2 Å². The average molecular weight is 274 g/mol. The van der Waals surface area contributed by atoms with Crippen molar-refractivity contribution in [2.75, 3.05) is 14.2 Å². The van der Waals surface area contributed by atoms with Crippen LogP contribution in [0.4, 0.5) is 0 Å². The molecule has 2 N–H and O–H groups in total. The molecule has 5 nitrogen and oxygen atoms in total. The van der Waals surface area contributed by atoms with Gasteiger partial charge in [-0.05, 0) is 31.2 Å². The standard InChI is InChI=1S/C12H15NO4.ClH/c1-13-10(12(16)17-2)7-8-4-3-5-9(6-8)11(14)15;/h3-6,10,13H,7H2,1-2H3,(H,14,15);1H/t10-;/m0./s1. The van der Waals surface area contributed by atoms with Gasteiger partial charge in [0.05, 0.1) is 12.7 Å². The fraction of sp³-hybridized carbons (Fsp3) is 0.333. The van der Waals surface area contributed by atoms with Crippen molar-refractivity contribution in [1.82, 2.24) is 5.32 Å². The number of rotatable bonds is 5. The van der Waals surface area contributed by atoms with Gasteiger partial charge in [-0.1, -0.05) is 12.1 Å². The predicted octanol–water partition coefficient (Wildman–Crippen LogP) is 1.11. The second-order valence-electron chi connectivity index (χ2n) is 3.57. The number of carbonyl (C=O) groups excluding carboxylic acids is 1. The largest absolute Gasteiger partial charge is 0.478 e. The van der Waals surface area contributed by atoms with Crippen LogP contribution in [0.3, 0.4) is 0 Å². The van der Waals surface area contributed by atoms with E-state index in [0.29, 0.717) is 6.42 Å². The molecule has 0 amide bonds. The minimum atomic E-state index is -0.981. The number of ether oxygens (including phenoxy) is 1. The molecule has 0 radical (unpaired) electrons. The second kappa shape index (κ2) is 7.68. The summed E-state index contributed by atoms with van der Waals surface area (Å²) >= 11 is 0. The minimum Gasteiger partial charge on any atom is -0.478 e. The van der Waals surface area contributed by atoms with Gasteiger partial charge in [0.25, 0.3) is 0 Å². The zero-order valence-electron chi connectivity index (χ0n) is 10.2. The van der Waals surface area contributed by atoms with E-state index in [1.807, 2.05) is 0 Å². The lowest BCUT2D eigenvalue weighted by Crippen LogP contribution is -2.36. The van der Waals surface area contributed by atoms with Crippen LogP contribution < -0.4 is 5.32 Å². The number of likely N-dealkylation sites (N-methyl/N-ethyl adjacent to an activating group) is 1. The summed E-state index contributed by atoms with van der Waals surface area (Å²) < 4.78 is 4.64. The number of hydrogen-bond acceptors (Lipinski definition) is 4. The van der Waals surface area contributed by atoms with Gasteiger partial charge in [0.1, 0.15) is 6.04 Å². The maximum Gasteiger partial charge on any atom is 0.335 e. The molecular formula is C12H16ClNO4. The molecule has 0 aliphatic carbocycles. The van der Waals surface area contributed by atoms with Gasteiger partial charge < -0.3 is 15.2 Å². The number of aromatic carboxylic acids is 1. The monoisotopic (exact) mass is 273 g/mol. The Bertz CT molecular complexity index is 422. The summed E-state index contributed by atoms with van der Waals surface area (Å²) in [6.45, 7) is 0. The molecular weight excluding hydrogens is 258 g/mol. The molecule has 0 aliphatic heterocycles. The fourth-order valence-electron chi connectivity index (χ4n) is 1.51. The summed E-state index contributed by atoms with van der Waals surface area (Å²) in [4.78, 5) is 22.2. The molecule has 6 heteroatoms. The van der Waals surface area contributed by atoms with Gasteiger partial charge in [-0.15, -0.1) is 12.4 Å². The van der Waals surface area contributed by atoms with Crippen LogP contribution in [0, 0.1) is 0 Å². The number of methoxy groups -OCH3 is 1. The molecule has 1 aromatic carbocycles. The molecule has 18 heavy (non-hydrogen) atoms. The van der Waals surface area contributed by atoms with Crippen LogP contribution in [0.25, 0.3) is 0 Å². The van der Waals surface area contributed by atoms with Crippen molar-refractivity contribution in [3.05, 3.63) is 35.4 Å². The number of benzene rings is 1. The number of halogens is 1. The Morgan fingerprint density at radius 3 is 2.61 bits per heavy atom. The molecule has 1 aromatic rings. The lowest BCUT2D eigenvalue weighted by Gasteiger charge is -2.13. The maximum atomic E-state index is 11.4. The van der Waals surface area contributed by atoms with Gasteiger partial charge in [0.15, 0.2) is 0 Å². The van der Waals surface area contributed by atoms with E-state index in [1.165, 1.54) is 13.2 Å². The van der Waals surface area contributed by atoms with Gasteiger partial charge in [-0.2, -0.15) is 0 Å². The van der Waals surface area contributed by atoms with E-state index in [1.54, 1.807) is 25.2 Å². The summed E-state index contributed by atoms with van der Waals surface area (Å²) in [6.07, 6.45) is 0.393. The van der Waals surface area contributed by atoms with E-state index in [0.717, 1.165) is 5.56 Å². The van der Waals surface area contributed by atoms with Crippen molar-refractivity contribution in [3.63, 3.8) is 0 Å². The number of carbonyl (C=O) groups is 2. The molecule has 100 valence electrons. The normalized spacial score (nSPS) is 11.2. The molecule has 0 spiro atoms. The van der Waals surface area contributed by atoms with E-state index in [-0.39, 0.29) is 23.9 Å². The Morgan fingerprint density at radius 2 is 2.11 bits per heavy atom. The zero-order chi connectivity index (χ0) is 12.8. The quantitative estimate of drug-likeness (QED) is 0.786. The molecule has 0 saturated carbocycles. The first-order valence-electron chi connectivity index (χ1n) is 5.15. The molecule has 0 aliphatic rings. The van der Waals surface area contributed by atoms with Crippen LogP contribution in [-0.2, 0) is 16.0 Å². The fourth-order valence-corrected chi connectivity index (χ4v) is 1.51. The van der Waals surface area contributed by atoms with Gasteiger partial charge in [-0.3, -0.25) is 4.79 Å². The number of carboxylic acid groups (broad SMARTS) is 1. The third-order valence-corrected chi connectivity index (χ3v) is 2.45. The van der Waals surface area contributed by atoms with Gasteiger partial charge in [0.2, 0.25) is 0 Å². The molecule has 0 heterocycles. The average Bonchev–Trinajstić information content (AvgIpc) is 2.35. The highest BCUT2D eigenvalue weighted by Gasteiger charge is 2.17. The summed E-state index contributed by atoms with van der Waals surface area (Å²) in [6, 6.07) is 6.03. The number of nitrogens with one attached hydrogen (secondary N) is 1. The van der Waals surface area contributed by atoms with Crippen molar-refractivity contribution < 1.29 is 19.4 Å². The minimum absolute atomic E-state index is 0. The van der Waals surface area contributed by atoms with Crippen LogP contribution >= 0.6 is 12.4 Å². The van der Waals surface area contributed by atoms with Crippen molar-refractivity contribution in [3.8, 4) is 0 Å². The molecule has 1 rings (SSSR count). The Balaban J connectivity index is 0.00000289. The maximum absolute atomic E-state index is 11.4. The van der Waals surface area contributed by atoms with E-state index in [2.05, 4.69) is 10.1 Å². The summed E-state index contributed by atoms with van der Waals surface area (Å²) in [7, 11) is 2.98. The molecule has 1 atom stereocenters. The number of carboxylic acids is 1. The lowest BCUT2D eigenvalue weighted by atomic mass is 10.0. The van der Waals surface area contributed by atoms with Gasteiger partial charge >= 0.3 is 11.9 Å². The van der Waals surface area contributed by atoms with E-state index < -0.39 is 12.0 Å². The van der Waals surface area contributed by atoms with Gasteiger partial charge in [0, 0.05) is 0 Å². The first kappa shape index (κ1) is 16.4. The highest BCUT2D eigenvalue weighted by molar-refractivity contribution is 5.87. The third kappa shape index (κ3) is 4.35. The second-order valence-corrected chi connectivity index (χ2v) is 3.57. The molecule has 0 bridgehead atoms.